The van der Waals surface area contributed by atoms with E-state index in [1.807, 2.05) is 12.1 Å². The van der Waals surface area contributed by atoms with Crippen LogP contribution in [0.2, 0.25) is 0 Å². The Morgan fingerprint density at radius 1 is 1.00 bits per heavy atom. The van der Waals surface area contributed by atoms with E-state index < -0.39 is 0 Å². The van der Waals surface area contributed by atoms with Gasteiger partial charge in [-0.2, -0.15) is 0 Å². The lowest BCUT2D eigenvalue weighted by atomic mass is 10.2. The van der Waals surface area contributed by atoms with Crippen molar-refractivity contribution in [1.29, 1.82) is 0 Å². The molecule has 0 aliphatic carbocycles. The van der Waals surface area contributed by atoms with Crippen molar-refractivity contribution in [2.24, 2.45) is 0 Å². The molecule has 10 nitrogen and oxygen atoms in total. The van der Waals surface area contributed by atoms with Gasteiger partial charge in [0.25, 0.3) is 5.91 Å². The Labute approximate surface area is 240 Å². The maximum atomic E-state index is 12.5. The summed E-state index contributed by atoms with van der Waals surface area (Å²) >= 11 is 1.50. The van der Waals surface area contributed by atoms with E-state index in [0.717, 1.165) is 77.1 Å². The number of piperazine rings is 1. The van der Waals surface area contributed by atoms with E-state index in [9.17, 15) is 4.79 Å². The zero-order valence-electron chi connectivity index (χ0n) is 23.1. The minimum Gasteiger partial charge on any atom is -0.455 e. The quantitative estimate of drug-likeness (QED) is 0.260. The second kappa shape index (κ2) is 14.6. The highest BCUT2D eigenvalue weighted by molar-refractivity contribution is 7.98. The molecule has 214 valence electrons. The number of benzene rings is 1. The number of aromatic nitrogens is 2. The zero-order valence-corrected chi connectivity index (χ0v) is 23.9. The topological polar surface area (TPSA) is 96.2 Å². The van der Waals surface area contributed by atoms with Crippen molar-refractivity contribution in [3.05, 3.63) is 71.3 Å². The molecular weight excluding hydrogens is 528 g/mol. The van der Waals surface area contributed by atoms with Gasteiger partial charge in [-0.05, 0) is 17.7 Å². The van der Waals surface area contributed by atoms with Crippen molar-refractivity contribution < 1.29 is 18.7 Å². The number of hydrogen-bond acceptors (Lipinski definition) is 10. The number of hydrogen-bond donors (Lipinski definition) is 1. The maximum absolute atomic E-state index is 12.5. The standard InChI is InChI=1S/C29H38N6O4S/c1-37-21-24-19-27(35-13-11-34(12-14-35)20-23-5-3-2-4-6-23)32-29(31-24)40-22-25-7-8-26(39-25)28(36)30-9-10-33-15-17-38-18-16-33/h2-8,19H,9-18,20-22H2,1H3,(H,30,36). The number of nitrogens with one attached hydrogen (secondary N) is 1. The van der Waals surface area contributed by atoms with Gasteiger partial charge < -0.3 is 24.1 Å². The van der Waals surface area contributed by atoms with Crippen LogP contribution in [0, 0.1) is 0 Å². The summed E-state index contributed by atoms with van der Waals surface area (Å²) in [5.41, 5.74) is 2.19. The first kappa shape index (κ1) is 28.6. The van der Waals surface area contributed by atoms with Gasteiger partial charge in [-0.1, -0.05) is 42.1 Å². The number of anilines is 1. The number of carbonyl (C=O) groups is 1. The molecule has 1 N–H and O–H groups in total. The molecule has 0 radical (unpaired) electrons. The number of furan rings is 1. The first-order chi connectivity index (χ1) is 19.7. The van der Waals surface area contributed by atoms with Crippen molar-refractivity contribution in [3.8, 4) is 0 Å². The van der Waals surface area contributed by atoms with E-state index >= 15 is 0 Å². The molecule has 2 aliphatic rings. The average molecular weight is 567 g/mol. The summed E-state index contributed by atoms with van der Waals surface area (Å²) in [7, 11) is 1.67. The van der Waals surface area contributed by atoms with Crippen molar-refractivity contribution in [1.82, 2.24) is 25.1 Å². The molecule has 0 spiro atoms. The third kappa shape index (κ3) is 8.28. The number of carbonyl (C=O) groups excluding carboxylic acids is 1. The molecule has 0 atom stereocenters. The van der Waals surface area contributed by atoms with Gasteiger partial charge in [0.1, 0.15) is 11.6 Å². The predicted octanol–water partition coefficient (Wildman–Crippen LogP) is 2.89. The highest BCUT2D eigenvalue weighted by atomic mass is 32.2. The molecule has 0 saturated carbocycles. The summed E-state index contributed by atoms with van der Waals surface area (Å²) in [6.07, 6.45) is 0. The van der Waals surface area contributed by atoms with Gasteiger partial charge >= 0.3 is 0 Å². The van der Waals surface area contributed by atoms with Crippen LogP contribution >= 0.6 is 11.8 Å². The van der Waals surface area contributed by atoms with Crippen LogP contribution in [-0.2, 0) is 28.4 Å². The molecule has 2 aromatic heterocycles. The third-order valence-corrected chi connectivity index (χ3v) is 7.90. The fraction of sp³-hybridized carbons (Fsp3) is 0.483. The van der Waals surface area contributed by atoms with Crippen LogP contribution in [0.25, 0.3) is 0 Å². The second-order valence-corrected chi connectivity index (χ2v) is 10.9. The molecule has 1 amide bonds. The van der Waals surface area contributed by atoms with E-state index in [1.165, 1.54) is 17.3 Å². The Balaban J connectivity index is 1.13. The van der Waals surface area contributed by atoms with E-state index in [2.05, 4.69) is 55.3 Å². The van der Waals surface area contributed by atoms with Gasteiger partial charge in [0.15, 0.2) is 10.9 Å². The molecule has 2 saturated heterocycles. The number of ether oxygens (including phenoxy) is 2. The highest BCUT2D eigenvalue weighted by Gasteiger charge is 2.20. The van der Waals surface area contributed by atoms with Crippen LogP contribution in [0.4, 0.5) is 5.82 Å². The lowest BCUT2D eigenvalue weighted by Crippen LogP contribution is -2.46. The first-order valence-electron chi connectivity index (χ1n) is 13.8. The summed E-state index contributed by atoms with van der Waals surface area (Å²) < 4.78 is 16.6. The first-order valence-corrected chi connectivity index (χ1v) is 14.8. The summed E-state index contributed by atoms with van der Waals surface area (Å²) in [5, 5.41) is 3.62. The summed E-state index contributed by atoms with van der Waals surface area (Å²) in [6, 6.07) is 16.2. The van der Waals surface area contributed by atoms with E-state index in [-0.39, 0.29) is 5.91 Å². The average Bonchev–Trinajstić information content (AvgIpc) is 3.47. The molecule has 2 aliphatic heterocycles. The van der Waals surface area contributed by atoms with Crippen molar-refractivity contribution >= 4 is 23.5 Å². The third-order valence-electron chi connectivity index (χ3n) is 7.03. The molecule has 3 aromatic rings. The van der Waals surface area contributed by atoms with Crippen molar-refractivity contribution in [3.63, 3.8) is 0 Å². The van der Waals surface area contributed by atoms with Crippen LogP contribution < -0.4 is 10.2 Å². The fourth-order valence-electron chi connectivity index (χ4n) is 4.84. The molecule has 5 rings (SSSR count). The van der Waals surface area contributed by atoms with Crippen LogP contribution in [0.1, 0.15) is 27.6 Å². The Kier molecular flexibility index (Phi) is 10.4. The number of morpholine rings is 1. The number of rotatable bonds is 12. The molecule has 0 unspecified atom stereocenters. The predicted molar refractivity (Wildman–Crippen MR) is 155 cm³/mol. The summed E-state index contributed by atoms with van der Waals surface area (Å²) in [5.74, 6) is 2.28. The van der Waals surface area contributed by atoms with Gasteiger partial charge in [-0.3, -0.25) is 14.6 Å². The normalized spacial score (nSPS) is 16.8. The highest BCUT2D eigenvalue weighted by Crippen LogP contribution is 2.25. The monoisotopic (exact) mass is 566 g/mol. The van der Waals surface area contributed by atoms with Gasteiger partial charge in [-0.25, -0.2) is 9.97 Å². The lowest BCUT2D eigenvalue weighted by molar-refractivity contribution is 0.0382. The number of nitrogens with zero attached hydrogens (tertiary/aromatic N) is 5. The Morgan fingerprint density at radius 2 is 1.80 bits per heavy atom. The molecular formula is C29H38N6O4S. The van der Waals surface area contributed by atoms with E-state index in [4.69, 9.17) is 18.9 Å². The largest absolute Gasteiger partial charge is 0.455 e. The number of methoxy groups -OCH3 is 1. The molecule has 0 bridgehead atoms. The van der Waals surface area contributed by atoms with Gasteiger partial charge in [0.2, 0.25) is 0 Å². The maximum Gasteiger partial charge on any atom is 0.287 e. The van der Waals surface area contributed by atoms with Gasteiger partial charge in [0, 0.05) is 72.1 Å². The summed E-state index contributed by atoms with van der Waals surface area (Å²) in [6.45, 7) is 9.83. The van der Waals surface area contributed by atoms with Gasteiger partial charge in [-0.15, -0.1) is 0 Å². The van der Waals surface area contributed by atoms with Crippen molar-refractivity contribution in [2.75, 3.05) is 77.6 Å². The molecule has 2 fully saturated rings. The molecule has 40 heavy (non-hydrogen) atoms. The fourth-order valence-corrected chi connectivity index (χ4v) is 5.60. The Morgan fingerprint density at radius 3 is 2.58 bits per heavy atom. The van der Waals surface area contributed by atoms with E-state index in [1.54, 1.807) is 13.2 Å². The summed E-state index contributed by atoms with van der Waals surface area (Å²) in [4.78, 5) is 29.2. The van der Waals surface area contributed by atoms with Crippen LogP contribution in [0.5, 0.6) is 0 Å². The van der Waals surface area contributed by atoms with Crippen LogP contribution in [0.15, 0.2) is 58.1 Å². The molecule has 1 aromatic carbocycles. The number of thioether (sulfide) groups is 1. The van der Waals surface area contributed by atoms with Gasteiger partial charge in [0.05, 0.1) is 31.3 Å². The minimum atomic E-state index is -0.198. The Bertz CT molecular complexity index is 1210. The van der Waals surface area contributed by atoms with Crippen molar-refractivity contribution in [2.45, 2.75) is 24.1 Å². The van der Waals surface area contributed by atoms with Crippen LogP contribution in [0.3, 0.4) is 0 Å². The number of amides is 1. The molecule has 11 heteroatoms. The Hall–Kier alpha value is -2.96. The minimum absolute atomic E-state index is 0.198. The lowest BCUT2D eigenvalue weighted by Gasteiger charge is -2.35. The van der Waals surface area contributed by atoms with E-state index in [0.29, 0.717) is 35.6 Å². The second-order valence-electron chi connectivity index (χ2n) is 9.95. The molecule has 4 heterocycles. The smallest absolute Gasteiger partial charge is 0.287 e. The zero-order chi connectivity index (χ0) is 27.6. The van der Waals surface area contributed by atoms with Crippen LogP contribution in [-0.4, -0.2) is 98.4 Å². The SMILES string of the molecule is COCc1cc(N2CCN(Cc3ccccc3)CC2)nc(SCc2ccc(C(=O)NCCN3CCOCC3)o2)n1.